The summed E-state index contributed by atoms with van der Waals surface area (Å²) in [5, 5.41) is 2.41. The Morgan fingerprint density at radius 1 is 0.643 bits per heavy atom. The molecule has 0 radical (unpaired) electrons. The zero-order valence-corrected chi connectivity index (χ0v) is 16.2. The molecule has 0 bridgehead atoms. The second-order valence-electron chi connectivity index (χ2n) is 7.35. The first-order valence-corrected chi connectivity index (χ1v) is 9.72. The highest BCUT2D eigenvalue weighted by atomic mass is 16.5. The van der Waals surface area contributed by atoms with Crippen molar-refractivity contribution in [3.05, 3.63) is 71.0 Å². The van der Waals surface area contributed by atoms with Crippen LogP contribution in [0.2, 0.25) is 0 Å². The van der Waals surface area contributed by atoms with Gasteiger partial charge in [-0.1, -0.05) is 12.1 Å². The van der Waals surface area contributed by atoms with Crippen LogP contribution in [-0.4, -0.2) is 23.2 Å². The van der Waals surface area contributed by atoms with E-state index in [2.05, 4.69) is 48.1 Å². The molecule has 2 aliphatic heterocycles. The average Bonchev–Trinajstić information content (AvgIpc) is 2.74. The minimum atomic E-state index is 0.787. The molecule has 6 rings (SSSR count). The van der Waals surface area contributed by atoms with Gasteiger partial charge in [0.05, 0.1) is 24.2 Å². The maximum atomic E-state index is 5.61. The van der Waals surface area contributed by atoms with Crippen LogP contribution in [-0.2, 0) is 12.8 Å². The van der Waals surface area contributed by atoms with E-state index in [9.17, 15) is 0 Å². The van der Waals surface area contributed by atoms with Gasteiger partial charge in [0.25, 0.3) is 0 Å². The van der Waals surface area contributed by atoms with Gasteiger partial charge in [-0.25, -0.2) is 0 Å². The van der Waals surface area contributed by atoms with Gasteiger partial charge in [0.15, 0.2) is 0 Å². The smallest absolute Gasteiger partial charge is 0.129 e. The van der Waals surface area contributed by atoms with Crippen LogP contribution in [0.3, 0.4) is 0 Å². The Balaban J connectivity index is 0.000000122. The van der Waals surface area contributed by atoms with E-state index in [-0.39, 0.29) is 0 Å². The predicted octanol–water partition coefficient (Wildman–Crippen LogP) is 4.96. The third-order valence-corrected chi connectivity index (χ3v) is 5.54. The van der Waals surface area contributed by atoms with E-state index < -0.39 is 0 Å². The molecule has 0 saturated carbocycles. The molecule has 4 heteroatoms. The van der Waals surface area contributed by atoms with Gasteiger partial charge < -0.3 is 9.47 Å². The summed E-state index contributed by atoms with van der Waals surface area (Å²) >= 11 is 0. The number of ether oxygens (including phenoxy) is 2. The van der Waals surface area contributed by atoms with Crippen LogP contribution in [0.25, 0.3) is 21.8 Å². The van der Waals surface area contributed by atoms with Crippen LogP contribution >= 0.6 is 0 Å². The molecule has 0 saturated heterocycles. The van der Waals surface area contributed by atoms with Gasteiger partial charge in [0, 0.05) is 36.0 Å². The minimum absolute atomic E-state index is 0.787. The molecule has 0 spiro atoms. The summed E-state index contributed by atoms with van der Waals surface area (Å²) in [4.78, 5) is 8.81. The summed E-state index contributed by atoms with van der Waals surface area (Å²) in [6, 6.07) is 12.4. The molecule has 0 atom stereocenters. The summed E-state index contributed by atoms with van der Waals surface area (Å²) in [6.07, 6.45) is 5.77. The first kappa shape index (κ1) is 17.0. The number of hydrogen-bond donors (Lipinski definition) is 0. The van der Waals surface area contributed by atoms with E-state index in [0.717, 1.165) is 48.6 Å². The first-order chi connectivity index (χ1) is 13.7. The van der Waals surface area contributed by atoms with Crippen molar-refractivity contribution in [3.8, 4) is 11.5 Å². The van der Waals surface area contributed by atoms with Gasteiger partial charge in [0.1, 0.15) is 11.5 Å². The van der Waals surface area contributed by atoms with Crippen molar-refractivity contribution >= 4 is 21.8 Å². The molecule has 4 heterocycles. The van der Waals surface area contributed by atoms with E-state index in [0.29, 0.717) is 0 Å². The van der Waals surface area contributed by atoms with Gasteiger partial charge in [0.2, 0.25) is 0 Å². The van der Waals surface area contributed by atoms with Gasteiger partial charge in [-0.2, -0.15) is 0 Å². The average molecular weight is 370 g/mol. The molecule has 4 aromatic rings. The summed E-state index contributed by atoms with van der Waals surface area (Å²) in [5.41, 5.74) is 7.33. The minimum Gasteiger partial charge on any atom is -0.493 e. The molecule has 4 nitrogen and oxygen atoms in total. The van der Waals surface area contributed by atoms with Crippen molar-refractivity contribution in [2.45, 2.75) is 26.7 Å². The summed E-state index contributed by atoms with van der Waals surface area (Å²) in [7, 11) is 0. The summed E-state index contributed by atoms with van der Waals surface area (Å²) < 4.78 is 11.2. The van der Waals surface area contributed by atoms with Crippen molar-refractivity contribution in [1.82, 2.24) is 9.97 Å². The van der Waals surface area contributed by atoms with Crippen LogP contribution in [0.5, 0.6) is 11.5 Å². The zero-order valence-electron chi connectivity index (χ0n) is 16.2. The number of pyridine rings is 2. The number of rotatable bonds is 0. The molecular weight excluding hydrogens is 348 g/mol. The number of benzene rings is 2. The fourth-order valence-corrected chi connectivity index (χ4v) is 4.08. The van der Waals surface area contributed by atoms with E-state index in [4.69, 9.17) is 9.47 Å². The lowest BCUT2D eigenvalue weighted by Crippen LogP contribution is -2.09. The maximum Gasteiger partial charge on any atom is 0.129 e. The number of aryl methyl sites for hydroxylation is 2. The van der Waals surface area contributed by atoms with Crippen molar-refractivity contribution in [2.75, 3.05) is 13.2 Å². The molecule has 0 amide bonds. The largest absolute Gasteiger partial charge is 0.493 e. The van der Waals surface area contributed by atoms with E-state index in [1.807, 2.05) is 24.5 Å². The Morgan fingerprint density at radius 3 is 1.57 bits per heavy atom. The number of aromatic nitrogens is 2. The molecule has 2 aromatic heterocycles. The normalized spacial score (nSPS) is 14.1. The highest BCUT2D eigenvalue weighted by molar-refractivity contribution is 5.92. The van der Waals surface area contributed by atoms with Crippen molar-refractivity contribution in [3.63, 3.8) is 0 Å². The molecule has 2 aromatic carbocycles. The van der Waals surface area contributed by atoms with Crippen molar-refractivity contribution in [2.24, 2.45) is 0 Å². The Morgan fingerprint density at radius 2 is 1.11 bits per heavy atom. The third-order valence-electron chi connectivity index (χ3n) is 5.54. The molecule has 0 unspecified atom stereocenters. The standard InChI is InChI=1S/2C12H11NO/c2*1-8-2-3-10-11-9(5-7-14-10)4-6-13-12(8)11/h2*2-4,6H,5,7H2,1H3. The van der Waals surface area contributed by atoms with E-state index >= 15 is 0 Å². The summed E-state index contributed by atoms with van der Waals surface area (Å²) in [5.74, 6) is 1.97. The lowest BCUT2D eigenvalue weighted by atomic mass is 10.0. The van der Waals surface area contributed by atoms with Crippen LogP contribution in [0.15, 0.2) is 48.8 Å². The zero-order chi connectivity index (χ0) is 19.1. The second-order valence-corrected chi connectivity index (χ2v) is 7.35. The lowest BCUT2D eigenvalue weighted by Gasteiger charge is -2.18. The Kier molecular flexibility index (Phi) is 4.12. The van der Waals surface area contributed by atoms with Crippen molar-refractivity contribution in [1.29, 1.82) is 0 Å². The molecule has 0 fully saturated rings. The summed E-state index contributed by atoms with van der Waals surface area (Å²) in [6.45, 7) is 5.75. The number of hydrogen-bond acceptors (Lipinski definition) is 4. The van der Waals surface area contributed by atoms with E-state index in [1.54, 1.807) is 0 Å². The molecule has 0 N–H and O–H groups in total. The number of nitrogens with zero attached hydrogens (tertiary/aromatic N) is 2. The first-order valence-electron chi connectivity index (χ1n) is 9.72. The fraction of sp³-hybridized carbons (Fsp3) is 0.250. The molecule has 2 aliphatic rings. The van der Waals surface area contributed by atoms with Gasteiger partial charge >= 0.3 is 0 Å². The fourth-order valence-electron chi connectivity index (χ4n) is 4.08. The maximum absolute atomic E-state index is 5.61. The Bertz CT molecular complexity index is 1080. The molecular formula is C24H22N2O2. The highest BCUT2D eigenvalue weighted by Crippen LogP contribution is 2.34. The lowest BCUT2D eigenvalue weighted by molar-refractivity contribution is 0.318. The molecule has 140 valence electrons. The SMILES string of the molecule is Cc1ccc2c3c(ccnc13)CCO2.Cc1ccc2c3c(ccnc13)CCO2. The molecule has 28 heavy (non-hydrogen) atoms. The third kappa shape index (κ3) is 2.76. The molecule has 0 aliphatic carbocycles. The van der Waals surface area contributed by atoms with Crippen LogP contribution < -0.4 is 9.47 Å². The Labute approximate surface area is 164 Å². The topological polar surface area (TPSA) is 44.2 Å². The van der Waals surface area contributed by atoms with Gasteiger partial charge in [-0.15, -0.1) is 0 Å². The van der Waals surface area contributed by atoms with E-state index in [1.165, 1.54) is 33.0 Å². The highest BCUT2D eigenvalue weighted by Gasteiger charge is 2.15. The van der Waals surface area contributed by atoms with Crippen LogP contribution in [0.4, 0.5) is 0 Å². The second kappa shape index (κ2) is 6.79. The quantitative estimate of drug-likeness (QED) is 0.439. The van der Waals surface area contributed by atoms with Crippen LogP contribution in [0.1, 0.15) is 22.3 Å². The predicted molar refractivity (Wildman–Crippen MR) is 111 cm³/mol. The van der Waals surface area contributed by atoms with Gasteiger partial charge in [-0.3, -0.25) is 9.97 Å². The van der Waals surface area contributed by atoms with Crippen LogP contribution in [0, 0.1) is 13.8 Å². The Hall–Kier alpha value is -3.14. The van der Waals surface area contributed by atoms with Crippen molar-refractivity contribution < 1.29 is 9.47 Å². The monoisotopic (exact) mass is 370 g/mol. The van der Waals surface area contributed by atoms with Gasteiger partial charge in [-0.05, 0) is 60.4 Å².